The van der Waals surface area contributed by atoms with E-state index in [0.717, 1.165) is 24.8 Å². The minimum absolute atomic E-state index is 0.0913. The minimum Gasteiger partial charge on any atom is -0.382 e. The number of likely N-dealkylation sites (tertiary alicyclic amines) is 1. The largest absolute Gasteiger partial charge is 0.382 e. The van der Waals surface area contributed by atoms with Gasteiger partial charge in [0.15, 0.2) is 5.65 Å². The number of aromatic amines is 1. The molecule has 7 heteroatoms. The monoisotopic (exact) mass is 332 g/mol. The third kappa shape index (κ3) is 3.51. The molecule has 7 nitrogen and oxygen atoms in total. The molecule has 3 heterocycles. The number of carbonyl (C=O) groups is 1. The summed E-state index contributed by atoms with van der Waals surface area (Å²) in [5.74, 6) is 0.178. The number of aromatic nitrogens is 3. The molecule has 0 aromatic carbocycles. The van der Waals surface area contributed by atoms with Crippen LogP contribution in [0.15, 0.2) is 23.1 Å². The maximum Gasteiger partial charge on any atom is 0.327 e. The van der Waals surface area contributed by atoms with Gasteiger partial charge in [-0.1, -0.05) is 0 Å². The number of ether oxygens (including phenoxy) is 1. The maximum absolute atomic E-state index is 12.2. The number of hydrogen-bond acceptors (Lipinski definition) is 4. The third-order valence-electron chi connectivity index (χ3n) is 4.54. The summed E-state index contributed by atoms with van der Waals surface area (Å²) in [6.07, 6.45) is 4.54. The molecule has 1 saturated heterocycles. The SMILES string of the molecule is CCOCCCC(=O)N1CCC(n2c(=O)[nH]c3cccnc32)CC1. The zero-order chi connectivity index (χ0) is 16.9. The van der Waals surface area contributed by atoms with Crippen LogP contribution in [0.25, 0.3) is 11.2 Å². The van der Waals surface area contributed by atoms with Gasteiger partial charge in [-0.3, -0.25) is 9.36 Å². The highest BCUT2D eigenvalue weighted by atomic mass is 16.5. The first-order valence-electron chi connectivity index (χ1n) is 8.61. The Labute approximate surface area is 140 Å². The first-order valence-corrected chi connectivity index (χ1v) is 8.61. The van der Waals surface area contributed by atoms with Gasteiger partial charge < -0.3 is 14.6 Å². The van der Waals surface area contributed by atoms with Gasteiger partial charge in [-0.2, -0.15) is 0 Å². The summed E-state index contributed by atoms with van der Waals surface area (Å²) in [4.78, 5) is 33.5. The number of imidazole rings is 1. The van der Waals surface area contributed by atoms with Crippen molar-refractivity contribution in [2.75, 3.05) is 26.3 Å². The molecule has 1 fully saturated rings. The number of hydrogen-bond donors (Lipinski definition) is 1. The van der Waals surface area contributed by atoms with Crippen LogP contribution in [0.4, 0.5) is 0 Å². The van der Waals surface area contributed by atoms with Crippen molar-refractivity contribution in [3.63, 3.8) is 0 Å². The topological polar surface area (TPSA) is 80.2 Å². The quantitative estimate of drug-likeness (QED) is 0.817. The first kappa shape index (κ1) is 16.7. The normalized spacial score (nSPS) is 16.0. The van der Waals surface area contributed by atoms with E-state index in [1.807, 2.05) is 24.0 Å². The van der Waals surface area contributed by atoms with Gasteiger partial charge in [-0.25, -0.2) is 9.78 Å². The molecule has 1 amide bonds. The summed E-state index contributed by atoms with van der Waals surface area (Å²) in [5, 5.41) is 0. The molecule has 0 spiro atoms. The van der Waals surface area contributed by atoms with E-state index in [1.165, 1.54) is 0 Å². The lowest BCUT2D eigenvalue weighted by Gasteiger charge is -2.32. The van der Waals surface area contributed by atoms with Crippen molar-refractivity contribution in [2.45, 2.75) is 38.6 Å². The predicted octanol–water partition coefficient (Wildman–Crippen LogP) is 1.70. The zero-order valence-electron chi connectivity index (χ0n) is 14.0. The number of piperidine rings is 1. The zero-order valence-corrected chi connectivity index (χ0v) is 14.0. The molecule has 1 aliphatic rings. The van der Waals surface area contributed by atoms with E-state index in [-0.39, 0.29) is 17.6 Å². The van der Waals surface area contributed by atoms with Crippen LogP contribution in [0, 0.1) is 0 Å². The van der Waals surface area contributed by atoms with E-state index < -0.39 is 0 Å². The van der Waals surface area contributed by atoms with Gasteiger partial charge >= 0.3 is 5.69 Å². The van der Waals surface area contributed by atoms with Crippen LogP contribution < -0.4 is 5.69 Å². The fourth-order valence-electron chi connectivity index (χ4n) is 3.30. The number of fused-ring (bicyclic) bond motifs is 1. The standard InChI is InChI=1S/C17H24N4O3/c1-2-24-12-4-6-15(22)20-10-7-13(8-11-20)21-16-14(19-17(21)23)5-3-9-18-16/h3,5,9,13H,2,4,6-8,10-12H2,1H3,(H,19,23). The molecule has 1 N–H and O–H groups in total. The Bertz CT molecular complexity index is 744. The molecule has 1 aliphatic heterocycles. The number of nitrogens with one attached hydrogen (secondary N) is 1. The number of amides is 1. The highest BCUT2D eigenvalue weighted by Crippen LogP contribution is 2.24. The molecule has 0 atom stereocenters. The van der Waals surface area contributed by atoms with Crippen LogP contribution in [-0.2, 0) is 9.53 Å². The third-order valence-corrected chi connectivity index (χ3v) is 4.54. The van der Waals surface area contributed by atoms with Crippen molar-refractivity contribution in [1.82, 2.24) is 19.4 Å². The highest BCUT2D eigenvalue weighted by Gasteiger charge is 2.26. The van der Waals surface area contributed by atoms with E-state index in [1.54, 1.807) is 10.8 Å². The fraction of sp³-hybridized carbons (Fsp3) is 0.588. The highest BCUT2D eigenvalue weighted by molar-refractivity contribution is 5.76. The molecular formula is C17H24N4O3. The van der Waals surface area contributed by atoms with Crippen LogP contribution in [0.5, 0.6) is 0 Å². The van der Waals surface area contributed by atoms with Gasteiger partial charge in [0.05, 0.1) is 5.52 Å². The molecule has 0 bridgehead atoms. The van der Waals surface area contributed by atoms with Crippen LogP contribution in [0.3, 0.4) is 0 Å². The van der Waals surface area contributed by atoms with Crippen molar-refractivity contribution in [2.24, 2.45) is 0 Å². The summed E-state index contributed by atoms with van der Waals surface area (Å²) in [6, 6.07) is 3.76. The average molecular weight is 332 g/mol. The summed E-state index contributed by atoms with van der Waals surface area (Å²) in [5.41, 5.74) is 1.34. The minimum atomic E-state index is -0.120. The van der Waals surface area contributed by atoms with Gasteiger partial charge in [0.25, 0.3) is 0 Å². The predicted molar refractivity (Wildman–Crippen MR) is 90.9 cm³/mol. The lowest BCUT2D eigenvalue weighted by molar-refractivity contribution is -0.132. The summed E-state index contributed by atoms with van der Waals surface area (Å²) < 4.78 is 7.01. The van der Waals surface area contributed by atoms with Gasteiger partial charge in [-0.05, 0) is 38.3 Å². The van der Waals surface area contributed by atoms with Crippen molar-refractivity contribution < 1.29 is 9.53 Å². The number of H-pyrrole nitrogens is 1. The Balaban J connectivity index is 1.59. The van der Waals surface area contributed by atoms with Crippen molar-refractivity contribution in [3.05, 3.63) is 28.8 Å². The molecule has 2 aromatic heterocycles. The van der Waals surface area contributed by atoms with Crippen LogP contribution in [0.1, 0.15) is 38.6 Å². The Kier molecular flexibility index (Phi) is 5.30. The lowest BCUT2D eigenvalue weighted by atomic mass is 10.0. The Morgan fingerprint density at radius 2 is 2.21 bits per heavy atom. The number of rotatable bonds is 6. The van der Waals surface area contributed by atoms with Gasteiger partial charge in [0.1, 0.15) is 0 Å². The summed E-state index contributed by atoms with van der Waals surface area (Å²) >= 11 is 0. The van der Waals surface area contributed by atoms with Crippen molar-refractivity contribution in [1.29, 1.82) is 0 Å². The first-order chi connectivity index (χ1) is 11.7. The van der Waals surface area contributed by atoms with Crippen molar-refractivity contribution >= 4 is 17.1 Å². The molecule has 3 rings (SSSR count). The second kappa shape index (κ2) is 7.61. The molecule has 24 heavy (non-hydrogen) atoms. The molecule has 0 radical (unpaired) electrons. The van der Waals surface area contributed by atoms with Crippen molar-refractivity contribution in [3.8, 4) is 0 Å². The second-order valence-electron chi connectivity index (χ2n) is 6.09. The molecule has 0 unspecified atom stereocenters. The second-order valence-corrected chi connectivity index (χ2v) is 6.09. The molecular weight excluding hydrogens is 308 g/mol. The molecule has 2 aromatic rings. The van der Waals surface area contributed by atoms with E-state index in [0.29, 0.717) is 38.4 Å². The molecule has 0 aliphatic carbocycles. The summed E-state index contributed by atoms with van der Waals surface area (Å²) in [7, 11) is 0. The number of nitrogens with zero attached hydrogens (tertiary/aromatic N) is 3. The van der Waals surface area contributed by atoms with E-state index in [2.05, 4.69) is 9.97 Å². The van der Waals surface area contributed by atoms with E-state index in [9.17, 15) is 9.59 Å². The molecule has 130 valence electrons. The Hall–Kier alpha value is -2.15. The van der Waals surface area contributed by atoms with Crippen LogP contribution in [0.2, 0.25) is 0 Å². The summed E-state index contributed by atoms with van der Waals surface area (Å²) in [6.45, 7) is 4.64. The van der Waals surface area contributed by atoms with Gasteiger partial charge in [-0.15, -0.1) is 0 Å². The van der Waals surface area contributed by atoms with Crippen LogP contribution >= 0.6 is 0 Å². The lowest BCUT2D eigenvalue weighted by Crippen LogP contribution is -2.40. The Morgan fingerprint density at radius 1 is 1.42 bits per heavy atom. The van der Waals surface area contributed by atoms with E-state index >= 15 is 0 Å². The number of pyridine rings is 1. The maximum atomic E-state index is 12.2. The molecule has 0 saturated carbocycles. The van der Waals surface area contributed by atoms with E-state index in [4.69, 9.17) is 4.74 Å². The number of carbonyl (C=O) groups excluding carboxylic acids is 1. The van der Waals surface area contributed by atoms with Crippen LogP contribution in [-0.4, -0.2) is 51.6 Å². The smallest absolute Gasteiger partial charge is 0.327 e. The van der Waals surface area contributed by atoms with Gasteiger partial charge in [0, 0.05) is 45.0 Å². The van der Waals surface area contributed by atoms with Gasteiger partial charge in [0.2, 0.25) is 5.91 Å². The fourth-order valence-corrected chi connectivity index (χ4v) is 3.30. The Morgan fingerprint density at radius 3 is 2.96 bits per heavy atom. The average Bonchev–Trinajstić information content (AvgIpc) is 2.94.